The van der Waals surface area contributed by atoms with Gasteiger partial charge in [0.15, 0.2) is 0 Å². The van der Waals surface area contributed by atoms with Crippen LogP contribution in [0.25, 0.3) is 10.9 Å². The number of aromatic nitrogens is 2. The number of pyridine rings is 1. The first-order valence-corrected chi connectivity index (χ1v) is 8.61. The molecule has 0 aliphatic rings. The van der Waals surface area contributed by atoms with Crippen LogP contribution in [-0.2, 0) is 0 Å². The Morgan fingerprint density at radius 1 is 1.07 bits per heavy atom. The Morgan fingerprint density at radius 2 is 1.85 bits per heavy atom. The van der Waals surface area contributed by atoms with Crippen molar-refractivity contribution in [3.8, 4) is 0 Å². The Bertz CT molecular complexity index is 1110. The molecule has 0 bridgehead atoms. The number of rotatable bonds is 5. The molecule has 0 aliphatic heterocycles. The number of anilines is 1. The maximum atomic E-state index is 11.1. The fourth-order valence-corrected chi connectivity index (χ4v) is 3.42. The molecule has 0 fully saturated rings. The zero-order chi connectivity index (χ0) is 18.8. The van der Waals surface area contributed by atoms with E-state index in [0.717, 1.165) is 27.7 Å². The average Bonchev–Trinajstić information content (AvgIpc) is 3.02. The van der Waals surface area contributed by atoms with Crippen LogP contribution in [0.2, 0.25) is 0 Å². The SMILES string of the molecule is Cc1[nH]c2ccccc2c1[C@H](Nc1cccc([N+](=O)[O-])c1)c1ccncc1. The number of nitrogens with zero attached hydrogens (tertiary/aromatic N) is 2. The van der Waals surface area contributed by atoms with Crippen molar-refractivity contribution in [1.29, 1.82) is 0 Å². The van der Waals surface area contributed by atoms with Gasteiger partial charge in [-0.2, -0.15) is 0 Å². The molecule has 0 saturated carbocycles. The summed E-state index contributed by atoms with van der Waals surface area (Å²) in [5, 5.41) is 15.7. The second kappa shape index (κ2) is 6.92. The van der Waals surface area contributed by atoms with Crippen LogP contribution in [0.1, 0.15) is 22.9 Å². The minimum atomic E-state index is -0.385. The largest absolute Gasteiger partial charge is 0.374 e. The van der Waals surface area contributed by atoms with E-state index < -0.39 is 0 Å². The smallest absolute Gasteiger partial charge is 0.271 e. The van der Waals surface area contributed by atoms with Crippen LogP contribution >= 0.6 is 0 Å². The third-order valence-electron chi connectivity index (χ3n) is 4.64. The molecule has 0 unspecified atom stereocenters. The summed E-state index contributed by atoms with van der Waals surface area (Å²) >= 11 is 0. The molecule has 2 heterocycles. The highest BCUT2D eigenvalue weighted by atomic mass is 16.6. The number of nitrogens with one attached hydrogen (secondary N) is 2. The summed E-state index contributed by atoms with van der Waals surface area (Å²) in [6.45, 7) is 2.04. The van der Waals surface area contributed by atoms with Crippen molar-refractivity contribution in [3.63, 3.8) is 0 Å². The Labute approximate surface area is 156 Å². The molecule has 27 heavy (non-hydrogen) atoms. The lowest BCUT2D eigenvalue weighted by molar-refractivity contribution is -0.384. The number of non-ortho nitro benzene ring substituents is 1. The lowest BCUT2D eigenvalue weighted by Crippen LogP contribution is -2.13. The molecular formula is C21H18N4O2. The van der Waals surface area contributed by atoms with Crippen molar-refractivity contribution < 1.29 is 4.92 Å². The molecular weight excluding hydrogens is 340 g/mol. The number of para-hydroxylation sites is 1. The van der Waals surface area contributed by atoms with Gasteiger partial charge in [0.05, 0.1) is 11.0 Å². The number of benzene rings is 2. The zero-order valence-corrected chi connectivity index (χ0v) is 14.7. The molecule has 0 radical (unpaired) electrons. The van der Waals surface area contributed by atoms with E-state index in [-0.39, 0.29) is 16.7 Å². The molecule has 2 aromatic heterocycles. The van der Waals surface area contributed by atoms with Crippen LogP contribution in [0.4, 0.5) is 11.4 Å². The molecule has 2 N–H and O–H groups in total. The molecule has 0 saturated heterocycles. The molecule has 134 valence electrons. The van der Waals surface area contributed by atoms with Gasteiger partial charge in [-0.1, -0.05) is 24.3 Å². The predicted molar refractivity (Wildman–Crippen MR) is 106 cm³/mol. The molecule has 4 rings (SSSR count). The van der Waals surface area contributed by atoms with E-state index in [1.165, 1.54) is 6.07 Å². The number of fused-ring (bicyclic) bond motifs is 1. The highest BCUT2D eigenvalue weighted by molar-refractivity contribution is 5.86. The van der Waals surface area contributed by atoms with Gasteiger partial charge in [0.2, 0.25) is 0 Å². The summed E-state index contributed by atoms with van der Waals surface area (Å²) in [5.41, 5.74) is 5.01. The fourth-order valence-electron chi connectivity index (χ4n) is 3.42. The standard InChI is InChI=1S/C21H18N4O2/c1-14-20(18-7-2-3-8-19(18)23-14)21(15-9-11-22-12-10-15)24-16-5-4-6-17(13-16)25(26)27/h2-13,21,23-24H,1H3/t21-/m1/s1. The first-order valence-electron chi connectivity index (χ1n) is 8.61. The van der Waals surface area contributed by atoms with Gasteiger partial charge in [0.25, 0.3) is 5.69 Å². The summed E-state index contributed by atoms with van der Waals surface area (Å²) in [4.78, 5) is 18.3. The Balaban J connectivity index is 1.84. The van der Waals surface area contributed by atoms with Gasteiger partial charge in [-0.05, 0) is 36.8 Å². The number of nitro groups is 1. The average molecular weight is 358 g/mol. The van der Waals surface area contributed by atoms with Crippen LogP contribution in [-0.4, -0.2) is 14.9 Å². The summed E-state index contributed by atoms with van der Waals surface area (Å²) in [6.07, 6.45) is 3.50. The highest BCUT2D eigenvalue weighted by Gasteiger charge is 2.21. The molecule has 4 aromatic rings. The first kappa shape index (κ1) is 16.8. The third-order valence-corrected chi connectivity index (χ3v) is 4.64. The maximum Gasteiger partial charge on any atom is 0.271 e. The van der Waals surface area contributed by atoms with Crippen molar-refractivity contribution in [2.24, 2.45) is 0 Å². The number of hydrogen-bond acceptors (Lipinski definition) is 4. The Hall–Kier alpha value is -3.67. The highest BCUT2D eigenvalue weighted by Crippen LogP contribution is 2.34. The van der Waals surface area contributed by atoms with E-state index in [2.05, 4.69) is 21.4 Å². The van der Waals surface area contributed by atoms with Gasteiger partial charge in [0, 0.05) is 52.4 Å². The fraction of sp³-hybridized carbons (Fsp3) is 0.0952. The molecule has 0 aliphatic carbocycles. The van der Waals surface area contributed by atoms with Crippen molar-refractivity contribution in [2.45, 2.75) is 13.0 Å². The van der Waals surface area contributed by atoms with Gasteiger partial charge >= 0.3 is 0 Å². The van der Waals surface area contributed by atoms with Gasteiger partial charge in [-0.25, -0.2) is 0 Å². The van der Waals surface area contributed by atoms with Crippen molar-refractivity contribution in [2.75, 3.05) is 5.32 Å². The number of hydrogen-bond donors (Lipinski definition) is 2. The molecule has 0 amide bonds. The van der Waals surface area contributed by atoms with E-state index in [9.17, 15) is 10.1 Å². The van der Waals surface area contributed by atoms with Crippen molar-refractivity contribution >= 4 is 22.3 Å². The monoisotopic (exact) mass is 358 g/mol. The Morgan fingerprint density at radius 3 is 2.63 bits per heavy atom. The Kier molecular flexibility index (Phi) is 4.30. The van der Waals surface area contributed by atoms with Crippen molar-refractivity contribution in [1.82, 2.24) is 9.97 Å². The van der Waals surface area contributed by atoms with E-state index in [1.54, 1.807) is 24.5 Å². The van der Waals surface area contributed by atoms with Crippen LogP contribution in [0.5, 0.6) is 0 Å². The van der Waals surface area contributed by atoms with Gasteiger partial charge < -0.3 is 10.3 Å². The molecule has 6 nitrogen and oxygen atoms in total. The summed E-state index contributed by atoms with van der Waals surface area (Å²) < 4.78 is 0. The second-order valence-corrected chi connectivity index (χ2v) is 6.37. The van der Waals surface area contributed by atoms with Crippen LogP contribution < -0.4 is 5.32 Å². The van der Waals surface area contributed by atoms with Gasteiger partial charge in [-0.3, -0.25) is 15.1 Å². The van der Waals surface area contributed by atoms with Crippen LogP contribution in [0.15, 0.2) is 73.1 Å². The van der Waals surface area contributed by atoms with E-state index in [4.69, 9.17) is 0 Å². The van der Waals surface area contributed by atoms with E-state index >= 15 is 0 Å². The molecule has 1 atom stereocenters. The lowest BCUT2D eigenvalue weighted by atomic mass is 9.96. The van der Waals surface area contributed by atoms with E-state index in [1.807, 2.05) is 43.3 Å². The summed E-state index contributed by atoms with van der Waals surface area (Å²) in [7, 11) is 0. The van der Waals surface area contributed by atoms with Gasteiger partial charge in [-0.15, -0.1) is 0 Å². The topological polar surface area (TPSA) is 83.8 Å². The van der Waals surface area contributed by atoms with Crippen LogP contribution in [0.3, 0.4) is 0 Å². The number of nitro benzene ring substituents is 1. The van der Waals surface area contributed by atoms with E-state index in [0.29, 0.717) is 5.69 Å². The third kappa shape index (κ3) is 3.25. The van der Waals surface area contributed by atoms with Gasteiger partial charge in [0.1, 0.15) is 0 Å². The minimum absolute atomic E-state index is 0.0594. The number of aromatic amines is 1. The molecule has 2 aromatic carbocycles. The van der Waals surface area contributed by atoms with Crippen LogP contribution in [0, 0.1) is 17.0 Å². The molecule has 0 spiro atoms. The molecule has 6 heteroatoms. The second-order valence-electron chi connectivity index (χ2n) is 6.37. The minimum Gasteiger partial charge on any atom is -0.374 e. The van der Waals surface area contributed by atoms with Crippen molar-refractivity contribution in [3.05, 3.63) is 100.0 Å². The summed E-state index contributed by atoms with van der Waals surface area (Å²) in [6, 6.07) is 18.4. The quantitative estimate of drug-likeness (QED) is 0.389. The first-order chi connectivity index (χ1) is 13.1. The summed E-state index contributed by atoms with van der Waals surface area (Å²) in [5.74, 6) is 0. The normalized spacial score (nSPS) is 12.0. The predicted octanol–water partition coefficient (Wildman–Crippen LogP) is 4.98. The lowest BCUT2D eigenvalue weighted by Gasteiger charge is -2.21. The maximum absolute atomic E-state index is 11.1. The number of H-pyrrole nitrogens is 1. The number of aryl methyl sites for hydroxylation is 1. The zero-order valence-electron chi connectivity index (χ0n) is 14.7.